The van der Waals surface area contributed by atoms with Gasteiger partial charge in [0.2, 0.25) is 0 Å². The van der Waals surface area contributed by atoms with Gasteiger partial charge in [-0.2, -0.15) is 0 Å². The number of carbonyl (C=O) groups is 2. The molecule has 0 fully saturated rings. The standard InChI is InChI=1S/C33H35NO8S/c1-5-40-30(32(36)41-6-2)19-22-7-11-25(12-8-22)42-16-15-34-28-13-10-24(20-31(28)43-33(34)37)29(35)14-9-23-17-26(38-3)21-27(18-23)39-4/h7-14,17-18,20-21,30H,5-6,15-16,19H2,1-4H3/b14-9+. The van der Waals surface area contributed by atoms with Crippen molar-refractivity contribution in [2.45, 2.75) is 32.9 Å². The second kappa shape index (κ2) is 15.2. The first-order valence-electron chi connectivity index (χ1n) is 13.9. The average Bonchev–Trinajstić information content (AvgIpc) is 3.34. The van der Waals surface area contributed by atoms with E-state index in [0.29, 0.717) is 49.0 Å². The van der Waals surface area contributed by atoms with Gasteiger partial charge >= 0.3 is 10.8 Å². The van der Waals surface area contributed by atoms with Crippen LogP contribution in [0.1, 0.15) is 35.3 Å². The molecule has 0 saturated heterocycles. The van der Waals surface area contributed by atoms with Crippen LogP contribution in [0.3, 0.4) is 0 Å². The fraction of sp³-hybridized carbons (Fsp3) is 0.303. The number of hydrogen-bond acceptors (Lipinski definition) is 9. The lowest BCUT2D eigenvalue weighted by atomic mass is 10.1. The van der Waals surface area contributed by atoms with Crippen LogP contribution in [-0.2, 0) is 27.2 Å². The Labute approximate surface area is 254 Å². The van der Waals surface area contributed by atoms with Crippen LogP contribution in [0, 0.1) is 0 Å². The first-order valence-corrected chi connectivity index (χ1v) is 14.8. The van der Waals surface area contributed by atoms with Crippen LogP contribution in [-0.4, -0.2) is 56.5 Å². The van der Waals surface area contributed by atoms with Gasteiger partial charge in [-0.1, -0.05) is 29.5 Å². The minimum Gasteiger partial charge on any atom is -0.497 e. The Kier molecular flexibility index (Phi) is 11.1. The van der Waals surface area contributed by atoms with E-state index in [1.165, 1.54) is 6.08 Å². The monoisotopic (exact) mass is 605 g/mol. The first kappa shape index (κ1) is 31.5. The van der Waals surface area contributed by atoms with Gasteiger partial charge in [0.15, 0.2) is 11.9 Å². The first-order chi connectivity index (χ1) is 20.8. The maximum Gasteiger partial charge on any atom is 0.335 e. The van der Waals surface area contributed by atoms with Gasteiger partial charge in [-0.25, -0.2) is 4.79 Å². The van der Waals surface area contributed by atoms with Gasteiger partial charge in [-0.05, 0) is 73.5 Å². The van der Waals surface area contributed by atoms with E-state index in [2.05, 4.69) is 0 Å². The topological polar surface area (TPSA) is 102 Å². The van der Waals surface area contributed by atoms with Gasteiger partial charge in [0, 0.05) is 24.7 Å². The summed E-state index contributed by atoms with van der Waals surface area (Å²) >= 11 is 1.09. The van der Waals surface area contributed by atoms with Crippen molar-refractivity contribution in [2.75, 3.05) is 34.0 Å². The number of methoxy groups -OCH3 is 2. The molecule has 0 N–H and O–H groups in total. The number of nitrogens with zero attached hydrogens (tertiary/aromatic N) is 1. The van der Waals surface area contributed by atoms with Gasteiger partial charge in [-0.15, -0.1) is 0 Å². The predicted molar refractivity (Wildman–Crippen MR) is 167 cm³/mol. The summed E-state index contributed by atoms with van der Waals surface area (Å²) in [4.78, 5) is 37.6. The third kappa shape index (κ3) is 8.33. The highest BCUT2D eigenvalue weighted by atomic mass is 32.1. The molecule has 1 aromatic heterocycles. The molecule has 0 bridgehead atoms. The van der Waals surface area contributed by atoms with Crippen molar-refractivity contribution in [3.05, 3.63) is 93.1 Å². The molecule has 10 heteroatoms. The molecule has 43 heavy (non-hydrogen) atoms. The van der Waals surface area contributed by atoms with Crippen molar-refractivity contribution in [2.24, 2.45) is 0 Å². The maximum atomic E-state index is 12.9. The van der Waals surface area contributed by atoms with Crippen molar-refractivity contribution >= 4 is 39.4 Å². The second-order valence-corrected chi connectivity index (χ2v) is 10.4. The summed E-state index contributed by atoms with van der Waals surface area (Å²) in [5, 5.41) is 0. The number of fused-ring (bicyclic) bond motifs is 1. The van der Waals surface area contributed by atoms with Crippen LogP contribution in [0.25, 0.3) is 16.3 Å². The molecule has 0 aliphatic carbocycles. The van der Waals surface area contributed by atoms with Crippen LogP contribution >= 0.6 is 11.3 Å². The SMILES string of the molecule is CCOC(=O)C(Cc1ccc(OCCn2c(=O)sc3cc(C(=O)/C=C/c4cc(OC)cc(OC)c4)ccc32)cc1)OCC. The van der Waals surface area contributed by atoms with E-state index in [4.69, 9.17) is 23.7 Å². The highest BCUT2D eigenvalue weighted by molar-refractivity contribution is 7.16. The van der Waals surface area contributed by atoms with Crippen LogP contribution in [0.4, 0.5) is 0 Å². The lowest BCUT2D eigenvalue weighted by molar-refractivity contribution is -0.156. The Morgan fingerprint density at radius 2 is 1.63 bits per heavy atom. The van der Waals surface area contributed by atoms with Crippen LogP contribution in [0.15, 0.2) is 71.5 Å². The molecule has 0 aliphatic rings. The number of rotatable bonds is 15. The van der Waals surface area contributed by atoms with Crippen molar-refractivity contribution in [3.63, 3.8) is 0 Å². The summed E-state index contributed by atoms with van der Waals surface area (Å²) in [6.45, 7) is 4.94. The molecule has 9 nitrogen and oxygen atoms in total. The number of benzene rings is 3. The van der Waals surface area contributed by atoms with E-state index in [1.807, 2.05) is 43.3 Å². The summed E-state index contributed by atoms with van der Waals surface area (Å²) in [7, 11) is 3.14. The lowest BCUT2D eigenvalue weighted by Crippen LogP contribution is -2.28. The Bertz CT molecular complexity index is 1610. The van der Waals surface area contributed by atoms with Crippen LogP contribution in [0.2, 0.25) is 0 Å². The molecule has 0 spiro atoms. The minimum absolute atomic E-state index is 0.126. The number of aromatic nitrogens is 1. The number of carbonyl (C=O) groups excluding carboxylic acids is 2. The molecule has 1 unspecified atom stereocenters. The molecule has 226 valence electrons. The van der Waals surface area contributed by atoms with Gasteiger partial charge in [0.05, 0.1) is 37.6 Å². The zero-order chi connectivity index (χ0) is 30.8. The largest absolute Gasteiger partial charge is 0.497 e. The number of ketones is 1. The van der Waals surface area contributed by atoms with Gasteiger partial charge in [0.1, 0.15) is 23.9 Å². The van der Waals surface area contributed by atoms with Gasteiger partial charge < -0.3 is 23.7 Å². The number of ether oxygens (including phenoxy) is 5. The molecule has 1 atom stereocenters. The van der Waals surface area contributed by atoms with E-state index < -0.39 is 6.10 Å². The molecule has 0 amide bonds. The van der Waals surface area contributed by atoms with Crippen molar-refractivity contribution in [1.29, 1.82) is 0 Å². The fourth-order valence-corrected chi connectivity index (χ4v) is 5.42. The molecular formula is C33H35NO8S. The van der Waals surface area contributed by atoms with Crippen LogP contribution in [0.5, 0.6) is 17.2 Å². The predicted octanol–water partition coefficient (Wildman–Crippen LogP) is 5.57. The van der Waals surface area contributed by atoms with Crippen molar-refractivity contribution < 1.29 is 33.3 Å². The highest BCUT2D eigenvalue weighted by Gasteiger charge is 2.20. The summed E-state index contributed by atoms with van der Waals surface area (Å²) in [5.74, 6) is 1.34. The molecule has 1 heterocycles. The summed E-state index contributed by atoms with van der Waals surface area (Å²) in [6.07, 6.45) is 2.94. The Balaban J connectivity index is 1.37. The van der Waals surface area contributed by atoms with E-state index in [0.717, 1.165) is 32.7 Å². The molecule has 0 aliphatic heterocycles. The van der Waals surface area contributed by atoms with Crippen LogP contribution < -0.4 is 19.1 Å². The zero-order valence-corrected chi connectivity index (χ0v) is 25.5. The molecule has 3 aromatic carbocycles. The zero-order valence-electron chi connectivity index (χ0n) is 24.7. The Morgan fingerprint density at radius 3 is 2.28 bits per heavy atom. The summed E-state index contributed by atoms with van der Waals surface area (Å²) in [5.41, 5.74) is 2.91. The summed E-state index contributed by atoms with van der Waals surface area (Å²) in [6, 6.07) is 18.0. The van der Waals surface area contributed by atoms with E-state index >= 15 is 0 Å². The average molecular weight is 606 g/mol. The number of allylic oxidation sites excluding steroid dienone is 1. The number of thiazole rings is 1. The lowest BCUT2D eigenvalue weighted by Gasteiger charge is -2.16. The number of esters is 1. The Hall–Kier alpha value is -4.41. The van der Waals surface area contributed by atoms with Crippen molar-refractivity contribution in [3.8, 4) is 17.2 Å². The van der Waals surface area contributed by atoms with Crippen molar-refractivity contribution in [1.82, 2.24) is 4.57 Å². The van der Waals surface area contributed by atoms with Gasteiger partial charge in [-0.3, -0.25) is 14.2 Å². The normalized spacial score (nSPS) is 11.9. The Morgan fingerprint density at radius 1 is 0.907 bits per heavy atom. The third-order valence-corrected chi connectivity index (χ3v) is 7.54. The molecule has 0 radical (unpaired) electrons. The highest BCUT2D eigenvalue weighted by Crippen LogP contribution is 2.24. The van der Waals surface area contributed by atoms with E-state index in [9.17, 15) is 14.4 Å². The molecular weight excluding hydrogens is 570 g/mol. The van der Waals surface area contributed by atoms with Gasteiger partial charge in [0.25, 0.3) is 0 Å². The molecule has 4 rings (SSSR count). The second-order valence-electron chi connectivity index (χ2n) is 9.44. The fourth-order valence-electron chi connectivity index (χ4n) is 4.46. The van der Waals surface area contributed by atoms with E-state index in [1.54, 1.807) is 56.1 Å². The smallest absolute Gasteiger partial charge is 0.335 e. The third-order valence-electron chi connectivity index (χ3n) is 6.60. The maximum absolute atomic E-state index is 12.9. The summed E-state index contributed by atoms with van der Waals surface area (Å²) < 4.78 is 29.5. The molecule has 4 aromatic rings. The quantitative estimate of drug-likeness (QED) is 0.0986. The van der Waals surface area contributed by atoms with E-state index in [-0.39, 0.29) is 23.2 Å². The molecule has 0 saturated carbocycles. The minimum atomic E-state index is -0.653. The number of hydrogen-bond donors (Lipinski definition) is 0.